The van der Waals surface area contributed by atoms with E-state index in [1.54, 1.807) is 19.1 Å². The molecule has 7 nitrogen and oxygen atoms in total. The fourth-order valence-corrected chi connectivity index (χ4v) is 3.48. The van der Waals surface area contributed by atoms with Crippen LogP contribution in [0.5, 0.6) is 5.75 Å². The number of nitro benzene ring substituents is 1. The number of aryl methyl sites for hydroxylation is 2. The number of rotatable bonds is 5. The van der Waals surface area contributed by atoms with Crippen molar-refractivity contribution in [2.45, 2.75) is 40.0 Å². The standard InChI is InChI=1S/C22H24N2O5/c1-13(2)18-8-5-14(3)9-20(18)29-22(26)16-10-21(25)23(12-16)17-7-6-15(4)19(11-17)24(27)28/h5-9,11,13,16H,10,12H2,1-4H3/t16-/m1/s1. The normalized spacial score (nSPS) is 16.4. The molecule has 3 rings (SSSR count). The number of ether oxygens (including phenoxy) is 1. The monoisotopic (exact) mass is 396 g/mol. The molecule has 0 bridgehead atoms. The van der Waals surface area contributed by atoms with Crippen LogP contribution in [-0.2, 0) is 9.59 Å². The molecule has 0 saturated carbocycles. The smallest absolute Gasteiger partial charge is 0.316 e. The Morgan fingerprint density at radius 3 is 2.59 bits per heavy atom. The van der Waals surface area contributed by atoms with Gasteiger partial charge in [-0.25, -0.2) is 0 Å². The Kier molecular flexibility index (Phi) is 5.68. The molecule has 1 heterocycles. The SMILES string of the molecule is Cc1ccc(C(C)C)c(OC(=O)[C@@H]2CC(=O)N(c3ccc(C)c([N+](=O)[O-])c3)C2)c1. The number of esters is 1. The Morgan fingerprint density at radius 2 is 1.93 bits per heavy atom. The zero-order valence-corrected chi connectivity index (χ0v) is 17.0. The topological polar surface area (TPSA) is 89.8 Å². The van der Waals surface area contributed by atoms with Gasteiger partial charge in [0, 0.05) is 24.6 Å². The van der Waals surface area contributed by atoms with Gasteiger partial charge in [-0.1, -0.05) is 32.0 Å². The van der Waals surface area contributed by atoms with Crippen molar-refractivity contribution < 1.29 is 19.2 Å². The predicted molar refractivity (Wildman–Crippen MR) is 109 cm³/mol. The van der Waals surface area contributed by atoms with Gasteiger partial charge in [0.1, 0.15) is 5.75 Å². The largest absolute Gasteiger partial charge is 0.426 e. The molecule has 0 radical (unpaired) electrons. The molecule has 7 heteroatoms. The summed E-state index contributed by atoms with van der Waals surface area (Å²) in [7, 11) is 0. The zero-order valence-electron chi connectivity index (χ0n) is 17.0. The zero-order chi connectivity index (χ0) is 21.3. The average molecular weight is 396 g/mol. The molecule has 1 atom stereocenters. The Bertz CT molecular complexity index is 983. The van der Waals surface area contributed by atoms with Crippen LogP contribution in [0, 0.1) is 29.9 Å². The summed E-state index contributed by atoms with van der Waals surface area (Å²) in [6, 6.07) is 10.4. The fraction of sp³-hybridized carbons (Fsp3) is 0.364. The van der Waals surface area contributed by atoms with Crippen molar-refractivity contribution in [2.24, 2.45) is 5.92 Å². The maximum atomic E-state index is 12.7. The minimum absolute atomic E-state index is 0.0172. The van der Waals surface area contributed by atoms with E-state index in [1.165, 1.54) is 11.0 Å². The van der Waals surface area contributed by atoms with Crippen molar-refractivity contribution in [1.29, 1.82) is 0 Å². The second kappa shape index (κ2) is 8.03. The number of nitrogens with zero attached hydrogens (tertiary/aromatic N) is 2. The average Bonchev–Trinajstić information content (AvgIpc) is 3.03. The number of benzene rings is 2. The number of hydrogen-bond acceptors (Lipinski definition) is 5. The van der Waals surface area contributed by atoms with Gasteiger partial charge < -0.3 is 9.64 Å². The summed E-state index contributed by atoms with van der Waals surface area (Å²) in [5.41, 5.74) is 2.79. The summed E-state index contributed by atoms with van der Waals surface area (Å²) < 4.78 is 5.66. The van der Waals surface area contributed by atoms with Crippen molar-refractivity contribution in [3.8, 4) is 5.75 Å². The Labute approximate surface area is 169 Å². The lowest BCUT2D eigenvalue weighted by Crippen LogP contribution is -2.27. The van der Waals surface area contributed by atoms with E-state index in [1.807, 2.05) is 39.0 Å². The van der Waals surface area contributed by atoms with E-state index < -0.39 is 16.8 Å². The lowest BCUT2D eigenvalue weighted by molar-refractivity contribution is -0.385. The molecule has 1 aliphatic rings. The molecule has 0 N–H and O–H groups in total. The van der Waals surface area contributed by atoms with Crippen LogP contribution < -0.4 is 9.64 Å². The summed E-state index contributed by atoms with van der Waals surface area (Å²) >= 11 is 0. The maximum Gasteiger partial charge on any atom is 0.316 e. The number of hydrogen-bond donors (Lipinski definition) is 0. The van der Waals surface area contributed by atoms with E-state index in [9.17, 15) is 19.7 Å². The lowest BCUT2D eigenvalue weighted by Gasteiger charge is -2.18. The van der Waals surface area contributed by atoms with E-state index in [4.69, 9.17) is 4.74 Å². The lowest BCUT2D eigenvalue weighted by atomic mass is 10.0. The molecule has 0 unspecified atom stereocenters. The molecule has 152 valence electrons. The third kappa shape index (κ3) is 4.29. The molecule has 2 aromatic rings. The van der Waals surface area contributed by atoms with Crippen LogP contribution in [0.2, 0.25) is 0 Å². The minimum atomic E-state index is -0.622. The highest BCUT2D eigenvalue weighted by molar-refractivity contribution is 6.00. The summed E-state index contributed by atoms with van der Waals surface area (Å²) in [6.07, 6.45) is 0.0172. The second-order valence-corrected chi connectivity index (χ2v) is 7.75. The van der Waals surface area contributed by atoms with Gasteiger partial charge in [-0.3, -0.25) is 19.7 Å². The number of anilines is 1. The van der Waals surface area contributed by atoms with Crippen molar-refractivity contribution >= 4 is 23.3 Å². The van der Waals surface area contributed by atoms with Crippen LogP contribution in [0.3, 0.4) is 0 Å². The molecule has 0 spiro atoms. The molecule has 1 fully saturated rings. The van der Waals surface area contributed by atoms with Gasteiger partial charge in [0.2, 0.25) is 5.91 Å². The number of amides is 1. The van der Waals surface area contributed by atoms with Crippen LogP contribution >= 0.6 is 0 Å². The third-order valence-corrected chi connectivity index (χ3v) is 5.16. The maximum absolute atomic E-state index is 12.7. The van der Waals surface area contributed by atoms with Crippen LogP contribution in [0.4, 0.5) is 11.4 Å². The van der Waals surface area contributed by atoms with Gasteiger partial charge in [-0.05, 0) is 43.0 Å². The van der Waals surface area contributed by atoms with Crippen molar-refractivity contribution in [2.75, 3.05) is 11.4 Å². The highest BCUT2D eigenvalue weighted by Crippen LogP contribution is 2.32. The fourth-order valence-electron chi connectivity index (χ4n) is 3.48. The van der Waals surface area contributed by atoms with E-state index in [-0.39, 0.29) is 30.5 Å². The number of carbonyl (C=O) groups excluding carboxylic acids is 2. The first-order valence-corrected chi connectivity index (χ1v) is 9.55. The summed E-state index contributed by atoms with van der Waals surface area (Å²) in [4.78, 5) is 37.4. The Hall–Kier alpha value is -3.22. The van der Waals surface area contributed by atoms with E-state index >= 15 is 0 Å². The first-order valence-electron chi connectivity index (χ1n) is 9.55. The molecule has 1 aliphatic heterocycles. The molecule has 0 aliphatic carbocycles. The van der Waals surface area contributed by atoms with Crippen molar-refractivity contribution in [1.82, 2.24) is 0 Å². The highest BCUT2D eigenvalue weighted by Gasteiger charge is 2.37. The third-order valence-electron chi connectivity index (χ3n) is 5.16. The number of carbonyl (C=O) groups is 2. The molecular weight excluding hydrogens is 372 g/mol. The molecule has 29 heavy (non-hydrogen) atoms. The first-order chi connectivity index (χ1) is 13.7. The molecular formula is C22H24N2O5. The summed E-state index contributed by atoms with van der Waals surface area (Å²) in [5.74, 6) is -0.633. The summed E-state index contributed by atoms with van der Waals surface area (Å²) in [6.45, 7) is 7.75. The predicted octanol–water partition coefficient (Wildman–Crippen LogP) is 4.29. The van der Waals surface area contributed by atoms with Crippen molar-refractivity contribution in [3.05, 3.63) is 63.2 Å². The minimum Gasteiger partial charge on any atom is -0.426 e. The van der Waals surface area contributed by atoms with E-state index in [2.05, 4.69) is 0 Å². The van der Waals surface area contributed by atoms with Crippen LogP contribution in [-0.4, -0.2) is 23.3 Å². The van der Waals surface area contributed by atoms with Crippen molar-refractivity contribution in [3.63, 3.8) is 0 Å². The molecule has 1 amide bonds. The molecule has 1 saturated heterocycles. The van der Waals surface area contributed by atoms with Crippen LogP contribution in [0.25, 0.3) is 0 Å². The highest BCUT2D eigenvalue weighted by atomic mass is 16.6. The molecule has 2 aromatic carbocycles. The Morgan fingerprint density at radius 1 is 1.21 bits per heavy atom. The van der Waals surface area contributed by atoms with Gasteiger partial charge in [0.25, 0.3) is 5.69 Å². The second-order valence-electron chi connectivity index (χ2n) is 7.75. The number of nitro groups is 1. The van der Waals surface area contributed by atoms with Gasteiger partial charge in [-0.15, -0.1) is 0 Å². The van der Waals surface area contributed by atoms with Crippen LogP contribution in [0.15, 0.2) is 36.4 Å². The first kappa shape index (κ1) is 20.5. The quantitative estimate of drug-likeness (QED) is 0.325. The molecule has 0 aromatic heterocycles. The van der Waals surface area contributed by atoms with E-state index in [0.717, 1.165) is 11.1 Å². The summed E-state index contributed by atoms with van der Waals surface area (Å²) in [5, 5.41) is 11.2. The van der Waals surface area contributed by atoms with Gasteiger partial charge >= 0.3 is 5.97 Å². The van der Waals surface area contributed by atoms with Gasteiger partial charge in [-0.2, -0.15) is 0 Å². The van der Waals surface area contributed by atoms with E-state index in [0.29, 0.717) is 17.0 Å². The van der Waals surface area contributed by atoms with Gasteiger partial charge in [0.15, 0.2) is 0 Å². The Balaban J connectivity index is 1.79. The van der Waals surface area contributed by atoms with Crippen LogP contribution in [0.1, 0.15) is 42.9 Å². The van der Waals surface area contributed by atoms with Gasteiger partial charge in [0.05, 0.1) is 16.5 Å².